The molecule has 0 fully saturated rings. The van der Waals surface area contributed by atoms with Crippen LogP contribution in [0.4, 0.5) is 0 Å². The maximum Gasteiger partial charge on any atom is 0.472 e. The highest BCUT2D eigenvalue weighted by Crippen LogP contribution is 2.43. The molecule has 2 N–H and O–H groups in total. The highest BCUT2D eigenvalue weighted by Gasteiger charge is 2.30. The number of unbranched alkanes of at least 4 members (excludes halogenated alkanes) is 27. The van der Waals surface area contributed by atoms with Crippen molar-refractivity contribution in [2.45, 2.75) is 277 Å². The van der Waals surface area contributed by atoms with E-state index in [0.717, 1.165) is 109 Å². The van der Waals surface area contributed by atoms with Crippen LogP contribution in [-0.4, -0.2) is 74.3 Å². The van der Waals surface area contributed by atoms with Gasteiger partial charge in [0.1, 0.15) is 19.3 Å². The maximum atomic E-state index is 13.5. The highest BCUT2D eigenvalue weighted by molar-refractivity contribution is 7.47. The van der Waals surface area contributed by atoms with Gasteiger partial charge in [-0.1, -0.05) is 235 Å². The van der Waals surface area contributed by atoms with Crippen LogP contribution in [0.5, 0.6) is 0 Å². The van der Waals surface area contributed by atoms with E-state index in [1.54, 1.807) is 0 Å². The SMILES string of the molecule is CC/C=C\C/C=C\C/C=C\C/C=C\C/C=C\CCCCCCCCCCCC(=O)NC(COP(=O)(O)OCC[N+](C)(C)C)C(/C=C\CCCCCCCCCCC)OC(=O)CCCCC/C=C\CCCCCCCC. The zero-order chi connectivity index (χ0) is 55.0. The third kappa shape index (κ3) is 55.7. The number of rotatable bonds is 55. The Bertz CT molecular complexity index is 1560. The van der Waals surface area contributed by atoms with Crippen LogP contribution in [0.1, 0.15) is 265 Å². The highest BCUT2D eigenvalue weighted by atomic mass is 31.2. The molecule has 0 aliphatic carbocycles. The number of hydrogen-bond acceptors (Lipinski definition) is 6. The van der Waals surface area contributed by atoms with Gasteiger partial charge in [-0.25, -0.2) is 4.57 Å². The fourth-order valence-electron chi connectivity index (χ4n) is 8.55. The van der Waals surface area contributed by atoms with Gasteiger partial charge in [0, 0.05) is 12.8 Å². The maximum absolute atomic E-state index is 13.5. The summed E-state index contributed by atoms with van der Waals surface area (Å²) in [6.45, 7) is 6.87. The molecule has 0 saturated heterocycles. The predicted molar refractivity (Wildman–Crippen MR) is 323 cm³/mol. The van der Waals surface area contributed by atoms with E-state index in [9.17, 15) is 19.0 Å². The minimum Gasteiger partial charge on any atom is -0.456 e. The molecular formula is C65H118N2O7P+. The van der Waals surface area contributed by atoms with Crippen molar-refractivity contribution in [1.29, 1.82) is 0 Å². The van der Waals surface area contributed by atoms with Gasteiger partial charge in [0.05, 0.1) is 33.8 Å². The van der Waals surface area contributed by atoms with Crippen LogP contribution in [0, 0.1) is 0 Å². The zero-order valence-corrected chi connectivity index (χ0v) is 50.4. The van der Waals surface area contributed by atoms with E-state index >= 15 is 0 Å². The normalized spacial score (nSPS) is 14.3. The molecule has 0 aliphatic heterocycles. The molecule has 0 heterocycles. The summed E-state index contributed by atoms with van der Waals surface area (Å²) >= 11 is 0. The van der Waals surface area contributed by atoms with Crippen molar-refractivity contribution >= 4 is 19.7 Å². The first-order valence-corrected chi connectivity index (χ1v) is 32.4. The summed E-state index contributed by atoms with van der Waals surface area (Å²) in [5, 5.41) is 3.05. The van der Waals surface area contributed by atoms with E-state index < -0.39 is 20.0 Å². The summed E-state index contributed by atoms with van der Waals surface area (Å²) in [6.07, 6.45) is 71.6. The molecular weight excluding hydrogens is 952 g/mol. The molecule has 3 atom stereocenters. The number of allylic oxidation sites excluding steroid dienone is 13. The monoisotopic (exact) mass is 1070 g/mol. The van der Waals surface area contributed by atoms with E-state index in [1.165, 1.54) is 116 Å². The Morgan fingerprint density at radius 3 is 1.31 bits per heavy atom. The lowest BCUT2D eigenvalue weighted by Gasteiger charge is -2.27. The van der Waals surface area contributed by atoms with E-state index in [-0.39, 0.29) is 31.5 Å². The number of nitrogens with zero attached hydrogens (tertiary/aromatic N) is 1. The number of phosphoric acid groups is 1. The summed E-state index contributed by atoms with van der Waals surface area (Å²) in [4.78, 5) is 37.6. The third-order valence-corrected chi connectivity index (χ3v) is 14.3. The predicted octanol–water partition coefficient (Wildman–Crippen LogP) is 19.0. The van der Waals surface area contributed by atoms with Gasteiger partial charge < -0.3 is 19.4 Å². The molecule has 0 saturated carbocycles. The van der Waals surface area contributed by atoms with Crippen LogP contribution < -0.4 is 5.32 Å². The number of ether oxygens (including phenoxy) is 1. The molecule has 0 spiro atoms. The molecule has 9 nitrogen and oxygen atoms in total. The van der Waals surface area contributed by atoms with Gasteiger partial charge in [-0.15, -0.1) is 0 Å². The molecule has 0 aromatic rings. The number of nitrogens with one attached hydrogen (secondary N) is 1. The average Bonchev–Trinajstić information content (AvgIpc) is 3.37. The molecule has 10 heteroatoms. The van der Waals surface area contributed by atoms with Gasteiger partial charge in [0.15, 0.2) is 0 Å². The van der Waals surface area contributed by atoms with Gasteiger partial charge in [0.2, 0.25) is 5.91 Å². The number of quaternary nitrogens is 1. The molecule has 75 heavy (non-hydrogen) atoms. The quantitative estimate of drug-likeness (QED) is 0.0205. The Morgan fingerprint density at radius 2 is 0.853 bits per heavy atom. The van der Waals surface area contributed by atoms with Crippen molar-refractivity contribution < 1.29 is 37.3 Å². The molecule has 0 radical (unpaired) electrons. The number of hydrogen-bond donors (Lipinski definition) is 2. The molecule has 3 unspecified atom stereocenters. The molecule has 0 aromatic heterocycles. The van der Waals surface area contributed by atoms with Gasteiger partial charge in [-0.3, -0.25) is 18.6 Å². The van der Waals surface area contributed by atoms with Crippen LogP contribution in [0.25, 0.3) is 0 Å². The van der Waals surface area contributed by atoms with Crippen molar-refractivity contribution in [2.24, 2.45) is 0 Å². The van der Waals surface area contributed by atoms with E-state index in [1.807, 2.05) is 33.3 Å². The summed E-state index contributed by atoms with van der Waals surface area (Å²) in [5.41, 5.74) is 0. The zero-order valence-electron chi connectivity index (χ0n) is 49.5. The Labute approximate surface area is 463 Å². The summed E-state index contributed by atoms with van der Waals surface area (Å²) in [7, 11) is 1.48. The van der Waals surface area contributed by atoms with Crippen molar-refractivity contribution in [2.75, 3.05) is 40.9 Å². The molecule has 0 bridgehead atoms. The van der Waals surface area contributed by atoms with Crippen molar-refractivity contribution in [3.05, 3.63) is 85.1 Å². The lowest BCUT2D eigenvalue weighted by molar-refractivity contribution is -0.870. The van der Waals surface area contributed by atoms with Crippen LogP contribution in [0.15, 0.2) is 85.1 Å². The molecule has 0 aromatic carbocycles. The number of carbonyl (C=O) groups is 2. The lowest BCUT2D eigenvalue weighted by atomic mass is 10.0. The van der Waals surface area contributed by atoms with Crippen molar-refractivity contribution in [3.63, 3.8) is 0 Å². The van der Waals surface area contributed by atoms with E-state index in [0.29, 0.717) is 23.9 Å². The first-order valence-electron chi connectivity index (χ1n) is 30.9. The van der Waals surface area contributed by atoms with E-state index in [2.05, 4.69) is 99.0 Å². The lowest BCUT2D eigenvalue weighted by Crippen LogP contribution is -2.47. The summed E-state index contributed by atoms with van der Waals surface area (Å²) in [6, 6.07) is -0.860. The van der Waals surface area contributed by atoms with Gasteiger partial charge in [-0.2, -0.15) is 0 Å². The first kappa shape index (κ1) is 72.2. The fourth-order valence-corrected chi connectivity index (χ4v) is 9.29. The minimum atomic E-state index is -4.45. The Balaban J connectivity index is 5.14. The molecule has 434 valence electrons. The second-order valence-electron chi connectivity index (χ2n) is 21.8. The van der Waals surface area contributed by atoms with Crippen molar-refractivity contribution in [1.82, 2.24) is 5.32 Å². The topological polar surface area (TPSA) is 111 Å². The van der Waals surface area contributed by atoms with Crippen LogP contribution in [0.2, 0.25) is 0 Å². The van der Waals surface area contributed by atoms with E-state index in [4.69, 9.17) is 13.8 Å². The van der Waals surface area contributed by atoms with Gasteiger partial charge in [0.25, 0.3) is 0 Å². The Hall–Kier alpha value is -2.81. The average molecular weight is 1070 g/mol. The summed E-state index contributed by atoms with van der Waals surface area (Å²) < 4.78 is 30.6. The smallest absolute Gasteiger partial charge is 0.456 e. The van der Waals surface area contributed by atoms with Gasteiger partial charge >= 0.3 is 13.8 Å². The largest absolute Gasteiger partial charge is 0.472 e. The molecule has 1 amide bonds. The Kier molecular flexibility index (Phi) is 52.5. The summed E-state index contributed by atoms with van der Waals surface area (Å²) in [5.74, 6) is -0.532. The van der Waals surface area contributed by atoms with Gasteiger partial charge in [-0.05, 0) is 102 Å². The number of phosphoric ester groups is 1. The second-order valence-corrected chi connectivity index (χ2v) is 23.3. The minimum absolute atomic E-state index is 0.0338. The number of likely N-dealkylation sites (N-methyl/N-ethyl adjacent to an activating group) is 1. The number of esters is 1. The van der Waals surface area contributed by atoms with Crippen LogP contribution >= 0.6 is 7.82 Å². The fraction of sp³-hybridized carbons (Fsp3) is 0.754. The number of amides is 1. The molecule has 0 rings (SSSR count). The standard InChI is InChI=1S/C65H117N2O7P/c1-7-10-13-16-19-22-25-27-28-29-30-31-32-33-34-35-36-37-38-40-42-45-48-51-54-57-64(68)66-62(61-73-75(70,71)72-60-59-67(4,5)6)63(56-53-50-47-44-41-24-21-18-15-12-9-3)74-65(69)58-55-52-49-46-43-39-26-23-20-17-14-11-8-2/h10,13,19,22,27-28,30-31,33-34,39,43,53,56,62-63H,7-9,11-12,14-18,20-21,23-26,29,32,35-38,40-42,44-52,54-55,57-61H2,1-6H3,(H-,66,68,70,71)/p+1/b13-10-,22-19-,28-27-,31-30-,34-33-,43-39-,56-53-. The third-order valence-electron chi connectivity index (χ3n) is 13.3. The number of carbonyl (C=O) groups excluding carboxylic acids is 2. The second kappa shape index (κ2) is 54.5. The van der Waals surface area contributed by atoms with Crippen molar-refractivity contribution in [3.8, 4) is 0 Å². The van der Waals surface area contributed by atoms with Crippen LogP contribution in [-0.2, 0) is 27.9 Å². The van der Waals surface area contributed by atoms with Crippen LogP contribution in [0.3, 0.4) is 0 Å². The first-order chi connectivity index (χ1) is 36.4. The molecule has 0 aliphatic rings. The Morgan fingerprint density at radius 1 is 0.480 bits per heavy atom.